The van der Waals surface area contributed by atoms with E-state index >= 15 is 0 Å². The minimum Gasteiger partial charge on any atom is -0.470 e. The molecule has 3 aromatic heterocycles. The molecule has 8 nitrogen and oxygen atoms in total. The lowest BCUT2D eigenvalue weighted by atomic mass is 10.0. The van der Waals surface area contributed by atoms with Gasteiger partial charge in [-0.1, -0.05) is 0 Å². The van der Waals surface area contributed by atoms with Crippen molar-refractivity contribution in [2.45, 2.75) is 19.6 Å². The fourth-order valence-electron chi connectivity index (χ4n) is 3.13. The number of amides is 1. The monoisotopic (exact) mass is 350 g/mol. The van der Waals surface area contributed by atoms with Crippen LogP contribution in [0.4, 0.5) is 0 Å². The first kappa shape index (κ1) is 16.2. The normalized spacial score (nSPS) is 13.3. The molecule has 132 valence electrons. The number of hydrogen-bond donors (Lipinski definition) is 0. The number of carbonyl (C=O) groups excluding carboxylic acids is 1. The second-order valence-electron chi connectivity index (χ2n) is 6.05. The molecule has 0 bridgehead atoms. The van der Waals surface area contributed by atoms with Crippen LogP contribution in [0.2, 0.25) is 0 Å². The number of ether oxygens (including phenoxy) is 1. The summed E-state index contributed by atoms with van der Waals surface area (Å²) in [5.74, 6) is 0.430. The van der Waals surface area contributed by atoms with Crippen molar-refractivity contribution in [3.8, 4) is 5.88 Å². The summed E-state index contributed by atoms with van der Waals surface area (Å²) in [6.07, 6.45) is 8.76. The van der Waals surface area contributed by atoms with Gasteiger partial charge in [-0.25, -0.2) is 4.98 Å². The second kappa shape index (κ2) is 6.91. The molecule has 4 rings (SSSR count). The molecule has 0 saturated heterocycles. The molecule has 1 aliphatic rings. The van der Waals surface area contributed by atoms with Crippen LogP contribution in [0.3, 0.4) is 0 Å². The first-order valence-corrected chi connectivity index (χ1v) is 8.34. The summed E-state index contributed by atoms with van der Waals surface area (Å²) in [5, 5.41) is 4.57. The largest absolute Gasteiger partial charge is 0.470 e. The molecule has 8 heteroatoms. The number of rotatable bonds is 4. The molecule has 1 aliphatic heterocycles. The molecule has 1 amide bonds. The summed E-state index contributed by atoms with van der Waals surface area (Å²) in [5.41, 5.74) is 3.59. The minimum absolute atomic E-state index is 0.0200. The van der Waals surface area contributed by atoms with E-state index in [-0.39, 0.29) is 12.5 Å². The first-order valence-electron chi connectivity index (χ1n) is 8.34. The van der Waals surface area contributed by atoms with E-state index in [9.17, 15) is 4.79 Å². The minimum atomic E-state index is -0.0200. The summed E-state index contributed by atoms with van der Waals surface area (Å²) in [7, 11) is 1.92. The molecule has 4 heterocycles. The van der Waals surface area contributed by atoms with Gasteiger partial charge in [0.2, 0.25) is 5.88 Å². The molecule has 0 radical (unpaired) electrons. The summed E-state index contributed by atoms with van der Waals surface area (Å²) in [6, 6.07) is 3.55. The van der Waals surface area contributed by atoms with E-state index in [2.05, 4.69) is 20.1 Å². The molecule has 0 saturated carbocycles. The lowest BCUT2D eigenvalue weighted by Crippen LogP contribution is -2.36. The first-order chi connectivity index (χ1) is 12.7. The Bertz CT molecular complexity index is 910. The highest BCUT2D eigenvalue weighted by atomic mass is 16.5. The van der Waals surface area contributed by atoms with Crippen LogP contribution in [0.25, 0.3) is 0 Å². The van der Waals surface area contributed by atoms with E-state index in [0.29, 0.717) is 24.5 Å². The van der Waals surface area contributed by atoms with Crippen molar-refractivity contribution >= 4 is 5.91 Å². The Balaban J connectivity index is 1.53. The third-order valence-corrected chi connectivity index (χ3v) is 4.42. The van der Waals surface area contributed by atoms with Gasteiger partial charge in [0.1, 0.15) is 12.3 Å². The Morgan fingerprint density at radius 2 is 2.12 bits per heavy atom. The van der Waals surface area contributed by atoms with E-state index in [1.807, 2.05) is 16.6 Å². The molecule has 0 N–H and O–H groups in total. The highest BCUT2D eigenvalue weighted by Crippen LogP contribution is 2.24. The van der Waals surface area contributed by atoms with Gasteiger partial charge in [0.05, 0.1) is 11.8 Å². The quantitative estimate of drug-likeness (QED) is 0.707. The lowest BCUT2D eigenvalue weighted by molar-refractivity contribution is 0.0732. The SMILES string of the molecule is Cn1nc(COc2cnccn2)c2c1CCN(C(=O)c1cccnc1)C2. The zero-order chi connectivity index (χ0) is 17.9. The van der Waals surface area contributed by atoms with Gasteiger partial charge >= 0.3 is 0 Å². The van der Waals surface area contributed by atoms with Crippen LogP contribution in [0.1, 0.15) is 27.3 Å². The van der Waals surface area contributed by atoms with Gasteiger partial charge in [-0.2, -0.15) is 5.10 Å². The molecule has 0 aliphatic carbocycles. The summed E-state index contributed by atoms with van der Waals surface area (Å²) in [6.45, 7) is 1.46. The molecule has 0 unspecified atom stereocenters. The predicted octanol–water partition coefficient (Wildman–Crippen LogP) is 1.38. The highest BCUT2D eigenvalue weighted by Gasteiger charge is 2.27. The molecular formula is C18H18N6O2. The number of fused-ring (bicyclic) bond motifs is 1. The molecular weight excluding hydrogens is 332 g/mol. The maximum Gasteiger partial charge on any atom is 0.255 e. The highest BCUT2D eigenvalue weighted by molar-refractivity contribution is 5.94. The zero-order valence-corrected chi connectivity index (χ0v) is 14.4. The average Bonchev–Trinajstić information content (AvgIpc) is 3.02. The van der Waals surface area contributed by atoms with E-state index < -0.39 is 0 Å². The molecule has 26 heavy (non-hydrogen) atoms. The van der Waals surface area contributed by atoms with E-state index in [0.717, 1.165) is 23.4 Å². The standard InChI is InChI=1S/C18H18N6O2/c1-23-16-4-8-24(18(25)13-3-2-5-19-9-13)11-14(16)15(22-23)12-26-17-10-20-6-7-21-17/h2-3,5-7,9-10H,4,8,11-12H2,1H3. The van der Waals surface area contributed by atoms with Crippen molar-refractivity contribution in [2.75, 3.05) is 6.54 Å². The number of pyridine rings is 1. The lowest BCUT2D eigenvalue weighted by Gasteiger charge is -2.27. The number of nitrogens with zero attached hydrogens (tertiary/aromatic N) is 6. The van der Waals surface area contributed by atoms with Crippen LogP contribution >= 0.6 is 0 Å². The van der Waals surface area contributed by atoms with Gasteiger partial charge in [-0.15, -0.1) is 0 Å². The number of aromatic nitrogens is 5. The summed E-state index contributed by atoms with van der Waals surface area (Å²) in [4.78, 5) is 26.7. The van der Waals surface area contributed by atoms with Crippen LogP contribution in [0.15, 0.2) is 43.1 Å². The fraction of sp³-hybridized carbons (Fsp3) is 0.278. The number of aryl methyl sites for hydroxylation is 1. The van der Waals surface area contributed by atoms with Crippen LogP contribution in [0, 0.1) is 0 Å². The van der Waals surface area contributed by atoms with E-state index in [1.165, 1.54) is 0 Å². The number of carbonyl (C=O) groups is 1. The Labute approximate surface area is 150 Å². The maximum atomic E-state index is 12.7. The van der Waals surface area contributed by atoms with Gasteiger partial charge in [-0.3, -0.25) is 19.4 Å². The van der Waals surface area contributed by atoms with Gasteiger partial charge < -0.3 is 9.64 Å². The molecule has 0 atom stereocenters. The zero-order valence-electron chi connectivity index (χ0n) is 14.4. The average molecular weight is 350 g/mol. The van der Waals surface area contributed by atoms with Crippen LogP contribution in [0.5, 0.6) is 5.88 Å². The maximum absolute atomic E-state index is 12.7. The molecule has 0 aromatic carbocycles. The van der Waals surface area contributed by atoms with Crippen molar-refractivity contribution < 1.29 is 9.53 Å². The Morgan fingerprint density at radius 3 is 2.88 bits per heavy atom. The van der Waals surface area contributed by atoms with Gasteiger partial charge in [0, 0.05) is 62.6 Å². The summed E-state index contributed by atoms with van der Waals surface area (Å²) >= 11 is 0. The number of hydrogen-bond acceptors (Lipinski definition) is 6. The van der Waals surface area contributed by atoms with Crippen molar-refractivity contribution in [1.29, 1.82) is 0 Å². The second-order valence-corrected chi connectivity index (χ2v) is 6.05. The third kappa shape index (κ3) is 3.13. The van der Waals surface area contributed by atoms with E-state index in [4.69, 9.17) is 4.74 Å². The Hall–Kier alpha value is -3.29. The van der Waals surface area contributed by atoms with Crippen LogP contribution < -0.4 is 4.74 Å². The van der Waals surface area contributed by atoms with Crippen LogP contribution in [-0.4, -0.2) is 42.1 Å². The Morgan fingerprint density at radius 1 is 1.23 bits per heavy atom. The topological polar surface area (TPSA) is 86.0 Å². The van der Waals surface area contributed by atoms with Gasteiger partial charge in [0.25, 0.3) is 5.91 Å². The van der Waals surface area contributed by atoms with Crippen LogP contribution in [-0.2, 0) is 26.6 Å². The molecule has 3 aromatic rings. The van der Waals surface area contributed by atoms with Crippen molar-refractivity contribution in [3.63, 3.8) is 0 Å². The third-order valence-electron chi connectivity index (χ3n) is 4.42. The fourth-order valence-corrected chi connectivity index (χ4v) is 3.13. The van der Waals surface area contributed by atoms with Crippen molar-refractivity contribution in [2.24, 2.45) is 7.05 Å². The van der Waals surface area contributed by atoms with Gasteiger partial charge in [0.15, 0.2) is 0 Å². The Kier molecular flexibility index (Phi) is 4.30. The smallest absolute Gasteiger partial charge is 0.255 e. The van der Waals surface area contributed by atoms with E-state index in [1.54, 1.807) is 43.1 Å². The predicted molar refractivity (Wildman–Crippen MR) is 92.3 cm³/mol. The molecule has 0 fully saturated rings. The van der Waals surface area contributed by atoms with Crippen molar-refractivity contribution in [1.82, 2.24) is 29.6 Å². The van der Waals surface area contributed by atoms with Gasteiger partial charge in [-0.05, 0) is 12.1 Å². The van der Waals surface area contributed by atoms with Crippen molar-refractivity contribution in [3.05, 3.63) is 65.6 Å². The summed E-state index contributed by atoms with van der Waals surface area (Å²) < 4.78 is 7.56. The molecule has 0 spiro atoms.